The number of hydrogen-bond donors (Lipinski definition) is 2. The molecule has 2 nitrogen and oxygen atoms in total. The van der Waals surface area contributed by atoms with Gasteiger partial charge in [-0.1, -0.05) is 19.1 Å². The first-order chi connectivity index (χ1) is 6.96. The fourth-order valence-corrected chi connectivity index (χ4v) is 1.60. The summed E-state index contributed by atoms with van der Waals surface area (Å²) in [7, 11) is 0. The van der Waals surface area contributed by atoms with Gasteiger partial charge >= 0.3 is 0 Å². The molecule has 1 aromatic rings. The Bertz CT molecular complexity index is 336. The van der Waals surface area contributed by atoms with Gasteiger partial charge < -0.3 is 10.4 Å². The highest BCUT2D eigenvalue weighted by Crippen LogP contribution is 2.26. The van der Waals surface area contributed by atoms with E-state index in [4.69, 9.17) is 0 Å². The molecule has 0 bridgehead atoms. The number of nitrogens with one attached hydrogen (secondary N) is 1. The van der Waals surface area contributed by atoms with Crippen molar-refractivity contribution in [1.29, 1.82) is 0 Å². The number of halogens is 1. The average molecular weight is 272 g/mol. The fraction of sp³-hybridized carbons (Fsp3) is 0.500. The quantitative estimate of drug-likeness (QED) is 0.881. The van der Waals surface area contributed by atoms with Crippen molar-refractivity contribution in [3.05, 3.63) is 28.2 Å². The molecular weight excluding hydrogens is 254 g/mol. The van der Waals surface area contributed by atoms with Crippen LogP contribution in [0.15, 0.2) is 22.7 Å². The van der Waals surface area contributed by atoms with Crippen molar-refractivity contribution in [2.24, 2.45) is 0 Å². The summed E-state index contributed by atoms with van der Waals surface area (Å²) in [6.45, 7) is 6.43. The number of benzene rings is 1. The molecule has 0 saturated heterocycles. The van der Waals surface area contributed by atoms with Gasteiger partial charge in [0.2, 0.25) is 0 Å². The Morgan fingerprint density at radius 2 is 2.13 bits per heavy atom. The van der Waals surface area contributed by atoms with Gasteiger partial charge in [-0.05, 0) is 47.8 Å². The van der Waals surface area contributed by atoms with Crippen LogP contribution in [0, 0.1) is 6.92 Å². The van der Waals surface area contributed by atoms with Crippen LogP contribution in [0.25, 0.3) is 0 Å². The van der Waals surface area contributed by atoms with Gasteiger partial charge in [-0.2, -0.15) is 0 Å². The van der Waals surface area contributed by atoms with Crippen LogP contribution in [0.3, 0.4) is 0 Å². The van der Waals surface area contributed by atoms with Crippen molar-refractivity contribution in [3.63, 3.8) is 0 Å². The number of aliphatic hydroxyl groups is 1. The molecule has 0 radical (unpaired) electrons. The predicted molar refractivity (Wildman–Crippen MR) is 68.3 cm³/mol. The standard InChI is InChI=1S/C12H18BrNO/c1-4-12(3,15)8-14-10-7-5-6-9(2)11(10)13/h5-7,14-15H,4,8H2,1-3H3. The number of hydrogen-bond acceptors (Lipinski definition) is 2. The number of aryl methyl sites for hydroxylation is 1. The Kier molecular flexibility index (Phi) is 4.17. The second-order valence-electron chi connectivity index (χ2n) is 4.14. The van der Waals surface area contributed by atoms with E-state index < -0.39 is 5.60 Å². The topological polar surface area (TPSA) is 32.3 Å². The van der Waals surface area contributed by atoms with Gasteiger partial charge in [-0.25, -0.2) is 0 Å². The molecule has 3 heteroatoms. The Morgan fingerprint density at radius 1 is 1.47 bits per heavy atom. The minimum absolute atomic E-state index is 0.561. The third-order valence-electron chi connectivity index (χ3n) is 2.61. The maximum absolute atomic E-state index is 9.87. The Morgan fingerprint density at radius 3 is 2.73 bits per heavy atom. The van der Waals surface area contributed by atoms with Crippen molar-refractivity contribution >= 4 is 21.6 Å². The Hall–Kier alpha value is -0.540. The highest BCUT2D eigenvalue weighted by molar-refractivity contribution is 9.10. The first kappa shape index (κ1) is 12.5. The summed E-state index contributed by atoms with van der Waals surface area (Å²) in [5, 5.41) is 13.1. The minimum atomic E-state index is -0.650. The van der Waals surface area contributed by atoms with Crippen LogP contribution in [-0.2, 0) is 0 Å². The SMILES string of the molecule is CCC(C)(O)CNc1cccc(C)c1Br. The van der Waals surface area contributed by atoms with E-state index in [1.165, 1.54) is 5.56 Å². The Labute approximate surface area is 99.8 Å². The number of rotatable bonds is 4. The molecular formula is C12H18BrNO. The normalized spacial score (nSPS) is 14.7. The molecule has 0 aromatic heterocycles. The van der Waals surface area contributed by atoms with Crippen LogP contribution >= 0.6 is 15.9 Å². The van der Waals surface area contributed by atoms with Crippen molar-refractivity contribution in [1.82, 2.24) is 0 Å². The molecule has 0 saturated carbocycles. The predicted octanol–water partition coefficient (Wildman–Crippen LogP) is 3.33. The monoisotopic (exact) mass is 271 g/mol. The zero-order valence-corrected chi connectivity index (χ0v) is 11.1. The van der Waals surface area contributed by atoms with E-state index in [1.807, 2.05) is 39.0 Å². The second kappa shape index (κ2) is 4.99. The van der Waals surface area contributed by atoms with E-state index >= 15 is 0 Å². The van der Waals surface area contributed by atoms with Crippen LogP contribution in [0.2, 0.25) is 0 Å². The lowest BCUT2D eigenvalue weighted by Gasteiger charge is -2.23. The molecule has 0 spiro atoms. The van der Waals surface area contributed by atoms with Gasteiger partial charge in [0, 0.05) is 16.7 Å². The van der Waals surface area contributed by atoms with Gasteiger partial charge in [-0.3, -0.25) is 0 Å². The van der Waals surface area contributed by atoms with Crippen molar-refractivity contribution in [2.45, 2.75) is 32.8 Å². The van der Waals surface area contributed by atoms with Gasteiger partial charge in [0.25, 0.3) is 0 Å². The maximum Gasteiger partial charge on any atom is 0.0788 e. The average Bonchev–Trinajstić information content (AvgIpc) is 2.20. The Balaban J connectivity index is 2.70. The molecule has 1 unspecified atom stereocenters. The summed E-state index contributed by atoms with van der Waals surface area (Å²) in [6.07, 6.45) is 0.740. The first-order valence-corrected chi connectivity index (χ1v) is 5.97. The first-order valence-electron chi connectivity index (χ1n) is 5.17. The summed E-state index contributed by atoms with van der Waals surface area (Å²) < 4.78 is 1.07. The molecule has 1 atom stereocenters. The van der Waals surface area contributed by atoms with Gasteiger partial charge in [0.1, 0.15) is 0 Å². The molecule has 0 heterocycles. The molecule has 1 rings (SSSR count). The van der Waals surface area contributed by atoms with E-state index in [1.54, 1.807) is 0 Å². The molecule has 2 N–H and O–H groups in total. The number of anilines is 1. The molecule has 0 fully saturated rings. The smallest absolute Gasteiger partial charge is 0.0788 e. The largest absolute Gasteiger partial charge is 0.388 e. The highest BCUT2D eigenvalue weighted by atomic mass is 79.9. The van der Waals surface area contributed by atoms with Crippen molar-refractivity contribution in [3.8, 4) is 0 Å². The third kappa shape index (κ3) is 3.50. The van der Waals surface area contributed by atoms with E-state index in [2.05, 4.69) is 21.2 Å². The molecule has 0 aliphatic rings. The molecule has 0 aliphatic carbocycles. The summed E-state index contributed by atoms with van der Waals surface area (Å²) in [5.74, 6) is 0. The summed E-state index contributed by atoms with van der Waals surface area (Å²) in [4.78, 5) is 0. The van der Waals surface area contributed by atoms with Gasteiger partial charge in [0.15, 0.2) is 0 Å². The van der Waals surface area contributed by atoms with E-state index in [0.717, 1.165) is 16.6 Å². The van der Waals surface area contributed by atoms with Crippen LogP contribution < -0.4 is 5.32 Å². The van der Waals surface area contributed by atoms with Gasteiger partial charge in [0.05, 0.1) is 5.60 Å². The third-order valence-corrected chi connectivity index (χ3v) is 3.67. The molecule has 84 valence electrons. The van der Waals surface area contributed by atoms with Crippen LogP contribution in [-0.4, -0.2) is 17.3 Å². The van der Waals surface area contributed by atoms with Crippen LogP contribution in [0.4, 0.5) is 5.69 Å². The zero-order chi connectivity index (χ0) is 11.5. The molecule has 1 aromatic carbocycles. The zero-order valence-electron chi connectivity index (χ0n) is 9.47. The minimum Gasteiger partial charge on any atom is -0.388 e. The van der Waals surface area contributed by atoms with Gasteiger partial charge in [-0.15, -0.1) is 0 Å². The van der Waals surface area contributed by atoms with Crippen LogP contribution in [0.5, 0.6) is 0 Å². The lowest BCUT2D eigenvalue weighted by molar-refractivity contribution is 0.0697. The summed E-state index contributed by atoms with van der Waals surface area (Å²) in [6, 6.07) is 6.05. The highest BCUT2D eigenvalue weighted by Gasteiger charge is 2.17. The fourth-order valence-electron chi connectivity index (χ4n) is 1.19. The van der Waals surface area contributed by atoms with Crippen LogP contribution in [0.1, 0.15) is 25.8 Å². The van der Waals surface area contributed by atoms with E-state index in [-0.39, 0.29) is 0 Å². The van der Waals surface area contributed by atoms with Crippen molar-refractivity contribution in [2.75, 3.05) is 11.9 Å². The second-order valence-corrected chi connectivity index (χ2v) is 4.93. The maximum atomic E-state index is 9.87. The molecule has 15 heavy (non-hydrogen) atoms. The van der Waals surface area contributed by atoms with Crippen molar-refractivity contribution < 1.29 is 5.11 Å². The van der Waals surface area contributed by atoms with E-state index in [0.29, 0.717) is 6.54 Å². The lowest BCUT2D eigenvalue weighted by atomic mass is 10.0. The summed E-state index contributed by atoms with van der Waals surface area (Å²) >= 11 is 3.53. The van der Waals surface area contributed by atoms with E-state index in [9.17, 15) is 5.11 Å². The molecule has 0 amide bonds. The summed E-state index contributed by atoms with van der Waals surface area (Å²) in [5.41, 5.74) is 1.57. The molecule has 0 aliphatic heterocycles. The lowest BCUT2D eigenvalue weighted by Crippen LogP contribution is -2.32.